The number of hydrogen-bond acceptors (Lipinski definition) is 4. The molecule has 0 aliphatic heterocycles. The second kappa shape index (κ2) is 7.43. The van der Waals surface area contributed by atoms with Gasteiger partial charge in [0.15, 0.2) is 10.7 Å². The van der Waals surface area contributed by atoms with Gasteiger partial charge in [-0.1, -0.05) is 31.5 Å². The fourth-order valence-electron chi connectivity index (χ4n) is 2.51. The van der Waals surface area contributed by atoms with Crippen LogP contribution in [0.3, 0.4) is 0 Å². The van der Waals surface area contributed by atoms with Gasteiger partial charge in [0.1, 0.15) is 5.52 Å². The van der Waals surface area contributed by atoms with Gasteiger partial charge in [0.05, 0.1) is 10.6 Å². The zero-order valence-corrected chi connectivity index (χ0v) is 16.2. The summed E-state index contributed by atoms with van der Waals surface area (Å²) in [5.74, 6) is 0.599. The molecule has 3 rings (SSSR count). The Hall–Kier alpha value is -2.44. The number of aromatic nitrogens is 1. The van der Waals surface area contributed by atoms with Crippen LogP contribution in [0.1, 0.15) is 32.3 Å². The van der Waals surface area contributed by atoms with Gasteiger partial charge in [0.2, 0.25) is 11.8 Å². The number of thiocarbonyl (C=S) groups is 1. The maximum Gasteiger partial charge on any atom is 0.228 e. The number of nitrogens with one attached hydrogen (secondary N) is 2. The highest BCUT2D eigenvalue weighted by atomic mass is 35.5. The summed E-state index contributed by atoms with van der Waals surface area (Å²) in [7, 11) is 0. The Morgan fingerprint density at radius 2 is 2.00 bits per heavy atom. The zero-order chi connectivity index (χ0) is 18.8. The standard InChI is InChI=1S/C19H18ClN3O2S/c1-10(2)12-4-7-17-16(8-12)23-18(25-17)14-9-13(5-6-15(14)20)22-19(26)21-11(3)24/h4-10H,1-3H3,(H2,21,22,24,26). The molecule has 1 amide bonds. The SMILES string of the molecule is CC(=O)NC(=S)Nc1ccc(Cl)c(-c2nc3cc(C(C)C)ccc3o2)c1. The van der Waals surface area contributed by atoms with E-state index in [9.17, 15) is 4.79 Å². The van der Waals surface area contributed by atoms with Gasteiger partial charge in [-0.15, -0.1) is 0 Å². The molecule has 1 aromatic heterocycles. The molecular weight excluding hydrogens is 370 g/mol. The van der Waals surface area contributed by atoms with E-state index in [2.05, 4.69) is 29.5 Å². The molecular formula is C19H18ClN3O2S. The van der Waals surface area contributed by atoms with Crippen molar-refractivity contribution >= 4 is 51.6 Å². The maximum atomic E-state index is 11.1. The van der Waals surface area contributed by atoms with Crippen LogP contribution in [-0.2, 0) is 4.79 Å². The van der Waals surface area contributed by atoms with Crippen LogP contribution in [0.15, 0.2) is 40.8 Å². The van der Waals surface area contributed by atoms with Crippen molar-refractivity contribution in [1.82, 2.24) is 10.3 Å². The lowest BCUT2D eigenvalue weighted by Gasteiger charge is -2.09. The minimum Gasteiger partial charge on any atom is -0.436 e. The van der Waals surface area contributed by atoms with E-state index in [1.165, 1.54) is 12.5 Å². The van der Waals surface area contributed by atoms with Crippen LogP contribution in [0.2, 0.25) is 5.02 Å². The molecule has 0 aliphatic carbocycles. The van der Waals surface area contributed by atoms with Crippen molar-refractivity contribution in [3.63, 3.8) is 0 Å². The highest BCUT2D eigenvalue weighted by Crippen LogP contribution is 2.33. The van der Waals surface area contributed by atoms with Gasteiger partial charge in [-0.3, -0.25) is 4.79 Å². The van der Waals surface area contributed by atoms with Crippen molar-refractivity contribution in [2.24, 2.45) is 0 Å². The van der Waals surface area contributed by atoms with Crippen LogP contribution < -0.4 is 10.6 Å². The molecule has 0 saturated carbocycles. The van der Waals surface area contributed by atoms with E-state index >= 15 is 0 Å². The summed E-state index contributed by atoms with van der Waals surface area (Å²) in [5.41, 5.74) is 4.00. The van der Waals surface area contributed by atoms with E-state index in [1.54, 1.807) is 18.2 Å². The number of halogens is 1. The van der Waals surface area contributed by atoms with E-state index in [0.29, 0.717) is 33.7 Å². The van der Waals surface area contributed by atoms with Gasteiger partial charge in [-0.05, 0) is 54.0 Å². The van der Waals surface area contributed by atoms with Gasteiger partial charge in [-0.25, -0.2) is 4.98 Å². The number of nitrogens with zero attached hydrogens (tertiary/aromatic N) is 1. The fraction of sp³-hybridized carbons (Fsp3) is 0.211. The van der Waals surface area contributed by atoms with E-state index < -0.39 is 0 Å². The molecule has 0 radical (unpaired) electrons. The van der Waals surface area contributed by atoms with Crippen molar-refractivity contribution in [3.8, 4) is 11.5 Å². The van der Waals surface area contributed by atoms with E-state index in [1.807, 2.05) is 18.2 Å². The molecule has 2 N–H and O–H groups in total. The number of oxazole rings is 1. The predicted octanol–water partition coefficient (Wildman–Crippen LogP) is 5.10. The second-order valence-corrected chi connectivity index (χ2v) is 7.05. The molecule has 3 aromatic rings. The van der Waals surface area contributed by atoms with E-state index in [-0.39, 0.29) is 11.0 Å². The largest absolute Gasteiger partial charge is 0.436 e. The zero-order valence-electron chi connectivity index (χ0n) is 14.6. The van der Waals surface area contributed by atoms with E-state index in [0.717, 1.165) is 5.52 Å². The fourth-order valence-corrected chi connectivity index (χ4v) is 2.97. The lowest BCUT2D eigenvalue weighted by atomic mass is 10.0. The first-order chi connectivity index (χ1) is 12.3. The van der Waals surface area contributed by atoms with Crippen LogP contribution in [0.5, 0.6) is 0 Å². The van der Waals surface area contributed by atoms with Crippen molar-refractivity contribution in [3.05, 3.63) is 47.0 Å². The molecule has 0 saturated heterocycles. The Morgan fingerprint density at radius 1 is 1.23 bits per heavy atom. The molecule has 7 heteroatoms. The molecule has 1 heterocycles. The van der Waals surface area contributed by atoms with Gasteiger partial charge < -0.3 is 15.1 Å². The molecule has 0 bridgehead atoms. The normalized spacial score (nSPS) is 11.0. The lowest BCUT2D eigenvalue weighted by molar-refractivity contribution is -0.117. The van der Waals surface area contributed by atoms with Gasteiger partial charge >= 0.3 is 0 Å². The van der Waals surface area contributed by atoms with Crippen molar-refractivity contribution < 1.29 is 9.21 Å². The quantitative estimate of drug-likeness (QED) is 0.611. The van der Waals surface area contributed by atoms with Gasteiger partial charge in [0, 0.05) is 12.6 Å². The first-order valence-corrected chi connectivity index (χ1v) is 8.91. The molecule has 26 heavy (non-hydrogen) atoms. The third kappa shape index (κ3) is 4.03. The Kier molecular flexibility index (Phi) is 5.25. The number of carbonyl (C=O) groups excluding carboxylic acids is 1. The lowest BCUT2D eigenvalue weighted by Crippen LogP contribution is -2.32. The Bertz CT molecular complexity index is 998. The average Bonchev–Trinajstić information content (AvgIpc) is 2.98. The summed E-state index contributed by atoms with van der Waals surface area (Å²) in [4.78, 5) is 15.7. The van der Waals surface area contributed by atoms with Crippen molar-refractivity contribution in [2.45, 2.75) is 26.7 Å². The van der Waals surface area contributed by atoms with Crippen molar-refractivity contribution in [1.29, 1.82) is 0 Å². The summed E-state index contributed by atoms with van der Waals surface area (Å²) < 4.78 is 5.87. The topological polar surface area (TPSA) is 67.2 Å². The number of rotatable bonds is 3. The minimum atomic E-state index is -0.239. The van der Waals surface area contributed by atoms with Gasteiger partial charge in [0.25, 0.3) is 0 Å². The van der Waals surface area contributed by atoms with Gasteiger partial charge in [-0.2, -0.15) is 0 Å². The van der Waals surface area contributed by atoms with Crippen LogP contribution in [0, 0.1) is 0 Å². The Balaban J connectivity index is 1.95. The Morgan fingerprint density at radius 3 is 2.69 bits per heavy atom. The minimum absolute atomic E-state index is 0.213. The maximum absolute atomic E-state index is 11.1. The monoisotopic (exact) mass is 387 g/mol. The van der Waals surface area contributed by atoms with Crippen LogP contribution >= 0.6 is 23.8 Å². The highest BCUT2D eigenvalue weighted by Gasteiger charge is 2.14. The molecule has 0 unspecified atom stereocenters. The summed E-state index contributed by atoms with van der Waals surface area (Å²) in [5, 5.41) is 6.18. The van der Waals surface area contributed by atoms with Crippen LogP contribution in [0.25, 0.3) is 22.6 Å². The van der Waals surface area contributed by atoms with Crippen LogP contribution in [-0.4, -0.2) is 16.0 Å². The number of carbonyl (C=O) groups is 1. The number of amides is 1. The third-order valence-electron chi connectivity index (χ3n) is 3.82. The molecule has 5 nitrogen and oxygen atoms in total. The Labute approximate surface area is 161 Å². The molecule has 0 atom stereocenters. The number of benzene rings is 2. The summed E-state index contributed by atoms with van der Waals surface area (Å²) in [6.45, 7) is 5.66. The summed E-state index contributed by atoms with van der Waals surface area (Å²) in [6.07, 6.45) is 0. The van der Waals surface area contributed by atoms with Crippen LogP contribution in [0.4, 0.5) is 5.69 Å². The molecule has 2 aromatic carbocycles. The molecule has 0 fully saturated rings. The second-order valence-electron chi connectivity index (χ2n) is 6.23. The number of hydrogen-bond donors (Lipinski definition) is 2. The van der Waals surface area contributed by atoms with E-state index in [4.69, 9.17) is 28.2 Å². The number of anilines is 1. The molecule has 0 aliphatic rings. The van der Waals surface area contributed by atoms with Crippen molar-refractivity contribution in [2.75, 3.05) is 5.32 Å². The first kappa shape index (κ1) is 18.4. The summed E-state index contributed by atoms with van der Waals surface area (Å²) >= 11 is 11.4. The average molecular weight is 388 g/mol. The predicted molar refractivity (Wildman–Crippen MR) is 109 cm³/mol. The molecule has 134 valence electrons. The smallest absolute Gasteiger partial charge is 0.228 e. The summed E-state index contributed by atoms with van der Waals surface area (Å²) in [6, 6.07) is 11.2. The first-order valence-electron chi connectivity index (χ1n) is 8.12. The molecule has 0 spiro atoms. The third-order valence-corrected chi connectivity index (χ3v) is 4.36. The number of fused-ring (bicyclic) bond motifs is 1. The highest BCUT2D eigenvalue weighted by molar-refractivity contribution is 7.80.